The normalized spacial score (nSPS) is 12.5. The molecule has 24 heavy (non-hydrogen) atoms. The Bertz CT molecular complexity index is 575. The summed E-state index contributed by atoms with van der Waals surface area (Å²) >= 11 is 0. The summed E-state index contributed by atoms with van der Waals surface area (Å²) in [4.78, 5) is 6.59. The van der Waals surface area contributed by atoms with Crippen molar-refractivity contribution < 1.29 is 8.42 Å². The van der Waals surface area contributed by atoms with Crippen molar-refractivity contribution in [2.24, 2.45) is 5.92 Å². The zero-order valence-electron chi connectivity index (χ0n) is 16.1. The van der Waals surface area contributed by atoms with Crippen LogP contribution in [0, 0.1) is 5.92 Å². The molecule has 0 radical (unpaired) electrons. The van der Waals surface area contributed by atoms with E-state index in [9.17, 15) is 8.42 Å². The molecule has 0 N–H and O–H groups in total. The number of sulfone groups is 1. The molecule has 0 atom stereocenters. The summed E-state index contributed by atoms with van der Waals surface area (Å²) in [5, 5.41) is 0.266. The first-order valence-corrected chi connectivity index (χ1v) is 11.0. The average Bonchev–Trinajstić information content (AvgIpc) is 2.93. The molecule has 0 spiro atoms. The van der Waals surface area contributed by atoms with Crippen LogP contribution in [0.25, 0.3) is 0 Å². The second-order valence-electron chi connectivity index (χ2n) is 6.85. The fraction of sp³-hybridized carbons (Fsp3) is 0.833. The van der Waals surface area contributed by atoms with Gasteiger partial charge in [-0.15, -0.1) is 0 Å². The first kappa shape index (κ1) is 21.2. The van der Waals surface area contributed by atoms with E-state index in [2.05, 4.69) is 44.5 Å². The lowest BCUT2D eigenvalue weighted by atomic mass is 10.1. The van der Waals surface area contributed by atoms with Gasteiger partial charge in [-0.25, -0.2) is 13.4 Å². The molecular formula is C18H35N3O2S. The third-order valence-electron chi connectivity index (χ3n) is 4.39. The number of imidazole rings is 1. The zero-order chi connectivity index (χ0) is 18.2. The Kier molecular flexibility index (Phi) is 8.98. The predicted octanol–water partition coefficient (Wildman–Crippen LogP) is 3.73. The summed E-state index contributed by atoms with van der Waals surface area (Å²) in [6.45, 7) is 14.0. The fourth-order valence-corrected chi connectivity index (χ4v) is 4.26. The van der Waals surface area contributed by atoms with Gasteiger partial charge in [-0.05, 0) is 38.3 Å². The van der Waals surface area contributed by atoms with Crippen molar-refractivity contribution in [3.63, 3.8) is 0 Å². The van der Waals surface area contributed by atoms with Crippen LogP contribution in [-0.4, -0.2) is 41.7 Å². The topological polar surface area (TPSA) is 55.2 Å². The third-order valence-corrected chi connectivity index (χ3v) is 6.10. The van der Waals surface area contributed by atoms with Crippen molar-refractivity contribution in [3.05, 3.63) is 11.9 Å². The highest BCUT2D eigenvalue weighted by atomic mass is 32.2. The van der Waals surface area contributed by atoms with Crippen LogP contribution in [0.15, 0.2) is 11.4 Å². The lowest BCUT2D eigenvalue weighted by Gasteiger charge is -2.19. The van der Waals surface area contributed by atoms with E-state index in [1.165, 1.54) is 0 Å². The van der Waals surface area contributed by atoms with E-state index in [0.717, 1.165) is 51.1 Å². The number of hydrogen-bond acceptors (Lipinski definition) is 4. The number of rotatable bonds is 12. The number of aromatic nitrogens is 2. The monoisotopic (exact) mass is 357 g/mol. The number of nitrogens with zero attached hydrogens (tertiary/aromatic N) is 3. The van der Waals surface area contributed by atoms with Gasteiger partial charge in [0.05, 0.1) is 17.6 Å². The molecule has 0 saturated carbocycles. The second-order valence-corrected chi connectivity index (χ2v) is 8.86. The van der Waals surface area contributed by atoms with Gasteiger partial charge in [0, 0.05) is 13.1 Å². The van der Waals surface area contributed by atoms with Gasteiger partial charge in [-0.1, -0.05) is 41.0 Å². The van der Waals surface area contributed by atoms with Crippen molar-refractivity contribution in [1.29, 1.82) is 0 Å². The highest BCUT2D eigenvalue weighted by molar-refractivity contribution is 7.91. The van der Waals surface area contributed by atoms with E-state index in [1.54, 1.807) is 6.20 Å². The van der Waals surface area contributed by atoms with Gasteiger partial charge >= 0.3 is 0 Å². The van der Waals surface area contributed by atoms with E-state index >= 15 is 0 Å². The molecule has 0 aliphatic rings. The van der Waals surface area contributed by atoms with Crippen LogP contribution >= 0.6 is 0 Å². The summed E-state index contributed by atoms with van der Waals surface area (Å²) < 4.78 is 27.4. The first-order valence-electron chi connectivity index (χ1n) is 9.35. The highest BCUT2D eigenvalue weighted by Gasteiger charge is 2.23. The minimum Gasteiger partial charge on any atom is -0.318 e. The molecule has 5 nitrogen and oxygen atoms in total. The Morgan fingerprint density at radius 1 is 1.17 bits per heavy atom. The summed E-state index contributed by atoms with van der Waals surface area (Å²) in [5.41, 5.74) is 1.01. The van der Waals surface area contributed by atoms with E-state index in [1.807, 2.05) is 4.57 Å². The minimum atomic E-state index is -3.31. The molecule has 0 aromatic carbocycles. The highest BCUT2D eigenvalue weighted by Crippen LogP contribution is 2.18. The van der Waals surface area contributed by atoms with Crippen LogP contribution in [0.2, 0.25) is 0 Å². The Labute approximate surface area is 148 Å². The molecule has 0 aliphatic carbocycles. The molecule has 1 heterocycles. The standard InChI is InChI=1S/C18H35N3O2S/c1-6-9-12-21-17(15-20(7-2)8-3)14-19-18(21)24(22,23)13-10-11-16(4)5/h14,16H,6-13,15H2,1-5H3. The molecule has 1 rings (SSSR count). The Balaban J connectivity index is 3.01. The maximum absolute atomic E-state index is 12.7. The van der Waals surface area contributed by atoms with Gasteiger partial charge in [-0.2, -0.15) is 0 Å². The van der Waals surface area contributed by atoms with Crippen LogP contribution in [0.5, 0.6) is 0 Å². The fourth-order valence-electron chi connectivity index (χ4n) is 2.77. The third kappa shape index (κ3) is 6.20. The van der Waals surface area contributed by atoms with E-state index < -0.39 is 9.84 Å². The Hall–Kier alpha value is -0.880. The van der Waals surface area contributed by atoms with Crippen LogP contribution in [0.4, 0.5) is 0 Å². The molecule has 0 unspecified atom stereocenters. The van der Waals surface area contributed by atoms with Gasteiger partial charge in [0.15, 0.2) is 0 Å². The quantitative estimate of drug-likeness (QED) is 0.572. The molecule has 6 heteroatoms. The maximum atomic E-state index is 12.7. The second kappa shape index (κ2) is 10.2. The summed E-state index contributed by atoms with van der Waals surface area (Å²) in [7, 11) is -3.31. The van der Waals surface area contributed by atoms with E-state index in [0.29, 0.717) is 12.3 Å². The molecule has 1 aromatic rings. The molecule has 0 fully saturated rings. The largest absolute Gasteiger partial charge is 0.318 e. The van der Waals surface area contributed by atoms with Gasteiger partial charge in [0.25, 0.3) is 0 Å². The van der Waals surface area contributed by atoms with Crippen LogP contribution < -0.4 is 0 Å². The van der Waals surface area contributed by atoms with Crippen molar-refractivity contribution in [2.45, 2.75) is 78.5 Å². The maximum Gasteiger partial charge on any atom is 0.227 e. The zero-order valence-corrected chi connectivity index (χ0v) is 16.9. The first-order chi connectivity index (χ1) is 11.4. The molecule has 1 aromatic heterocycles. The average molecular weight is 358 g/mol. The van der Waals surface area contributed by atoms with Gasteiger partial charge in [0.2, 0.25) is 15.0 Å². The summed E-state index contributed by atoms with van der Waals surface area (Å²) in [6, 6.07) is 0. The van der Waals surface area contributed by atoms with Crippen molar-refractivity contribution >= 4 is 9.84 Å². The molecule has 0 aliphatic heterocycles. The van der Waals surface area contributed by atoms with E-state index in [-0.39, 0.29) is 10.9 Å². The smallest absolute Gasteiger partial charge is 0.227 e. The van der Waals surface area contributed by atoms with Crippen LogP contribution in [0.1, 0.15) is 66.0 Å². The van der Waals surface area contributed by atoms with Crippen molar-refractivity contribution in [2.75, 3.05) is 18.8 Å². The van der Waals surface area contributed by atoms with Crippen LogP contribution in [0.3, 0.4) is 0 Å². The molecule has 0 amide bonds. The molecule has 0 bridgehead atoms. The van der Waals surface area contributed by atoms with Crippen molar-refractivity contribution in [3.8, 4) is 0 Å². The van der Waals surface area contributed by atoms with E-state index in [4.69, 9.17) is 0 Å². The van der Waals surface area contributed by atoms with Crippen LogP contribution in [-0.2, 0) is 22.9 Å². The number of hydrogen-bond donors (Lipinski definition) is 0. The SMILES string of the molecule is CCCCn1c(CN(CC)CC)cnc1S(=O)(=O)CCCC(C)C. The lowest BCUT2D eigenvalue weighted by Crippen LogP contribution is -2.25. The number of unbranched alkanes of at least 4 members (excludes halogenated alkanes) is 1. The van der Waals surface area contributed by atoms with Gasteiger partial charge < -0.3 is 4.57 Å². The summed E-state index contributed by atoms with van der Waals surface area (Å²) in [6.07, 6.45) is 5.39. The van der Waals surface area contributed by atoms with Crippen molar-refractivity contribution in [1.82, 2.24) is 14.5 Å². The predicted molar refractivity (Wildman–Crippen MR) is 99.9 cm³/mol. The molecule has 140 valence electrons. The van der Waals surface area contributed by atoms with Gasteiger partial charge in [-0.3, -0.25) is 4.90 Å². The Morgan fingerprint density at radius 2 is 1.83 bits per heavy atom. The molecule has 0 saturated heterocycles. The van der Waals surface area contributed by atoms with Gasteiger partial charge in [0.1, 0.15) is 0 Å². The summed E-state index contributed by atoms with van der Waals surface area (Å²) in [5.74, 6) is 0.720. The molecular weight excluding hydrogens is 322 g/mol. The lowest BCUT2D eigenvalue weighted by molar-refractivity contribution is 0.285. The Morgan fingerprint density at radius 3 is 2.38 bits per heavy atom. The minimum absolute atomic E-state index is 0.193.